The van der Waals surface area contributed by atoms with E-state index in [1.54, 1.807) is 24.4 Å². The molecule has 0 fully saturated rings. The fourth-order valence-corrected chi connectivity index (χ4v) is 2.81. The van der Waals surface area contributed by atoms with Gasteiger partial charge in [-0.25, -0.2) is 14.8 Å². The fourth-order valence-electron chi connectivity index (χ4n) is 2.08. The number of pyridine rings is 1. The number of thioether (sulfide) groups is 1. The number of nitrogens with zero attached hydrogens (tertiary/aromatic N) is 2. The summed E-state index contributed by atoms with van der Waals surface area (Å²) in [6, 6.07) is 10.3. The second kappa shape index (κ2) is 6.62. The van der Waals surface area contributed by atoms with E-state index in [2.05, 4.69) is 19.7 Å². The number of ether oxygens (including phenoxy) is 1. The van der Waals surface area contributed by atoms with Crippen molar-refractivity contribution in [3.05, 3.63) is 64.3 Å². The molecule has 0 unspecified atom stereocenters. The standard InChI is InChI=1S/C16H13N3O3S/c1-22-16(21)10-5-6-11-12(8-10)18-13(19-15(11)20)9-23-14-4-2-3-7-17-14/h2-8H,9H2,1H3,(H,18,19,20). The van der Waals surface area contributed by atoms with Gasteiger partial charge in [0.1, 0.15) is 5.82 Å². The van der Waals surface area contributed by atoms with E-state index in [0.717, 1.165) is 5.03 Å². The molecule has 0 aliphatic heterocycles. The summed E-state index contributed by atoms with van der Waals surface area (Å²) in [5.74, 6) is 0.545. The number of methoxy groups -OCH3 is 1. The van der Waals surface area contributed by atoms with Crippen LogP contribution in [-0.2, 0) is 10.5 Å². The summed E-state index contributed by atoms with van der Waals surface area (Å²) in [6.07, 6.45) is 1.71. The maximum absolute atomic E-state index is 12.1. The minimum atomic E-state index is -0.460. The van der Waals surface area contributed by atoms with Crippen molar-refractivity contribution < 1.29 is 9.53 Å². The summed E-state index contributed by atoms with van der Waals surface area (Å²) in [6.45, 7) is 0. The summed E-state index contributed by atoms with van der Waals surface area (Å²) >= 11 is 1.47. The van der Waals surface area contributed by atoms with Crippen LogP contribution >= 0.6 is 11.8 Å². The number of carbonyl (C=O) groups is 1. The molecular weight excluding hydrogens is 314 g/mol. The summed E-state index contributed by atoms with van der Waals surface area (Å²) < 4.78 is 4.69. The summed E-state index contributed by atoms with van der Waals surface area (Å²) in [4.78, 5) is 35.1. The molecule has 2 heterocycles. The Kier molecular flexibility index (Phi) is 4.38. The van der Waals surface area contributed by atoms with Crippen molar-refractivity contribution in [2.45, 2.75) is 10.8 Å². The first-order valence-electron chi connectivity index (χ1n) is 6.82. The number of aromatic nitrogens is 3. The van der Waals surface area contributed by atoms with Crippen molar-refractivity contribution in [1.29, 1.82) is 0 Å². The Morgan fingerprint density at radius 2 is 2.17 bits per heavy atom. The molecule has 0 aliphatic carbocycles. The van der Waals surface area contributed by atoms with Gasteiger partial charge in [-0.15, -0.1) is 0 Å². The Morgan fingerprint density at radius 1 is 1.30 bits per heavy atom. The fraction of sp³-hybridized carbons (Fsp3) is 0.125. The zero-order chi connectivity index (χ0) is 16.2. The van der Waals surface area contributed by atoms with Crippen molar-refractivity contribution in [3.8, 4) is 0 Å². The zero-order valence-corrected chi connectivity index (χ0v) is 13.1. The maximum atomic E-state index is 12.1. The van der Waals surface area contributed by atoms with Gasteiger partial charge in [-0.05, 0) is 30.3 Å². The van der Waals surface area contributed by atoms with Gasteiger partial charge in [-0.2, -0.15) is 0 Å². The molecule has 3 aromatic rings. The number of carbonyl (C=O) groups excluding carboxylic acids is 1. The highest BCUT2D eigenvalue weighted by molar-refractivity contribution is 7.98. The molecule has 0 amide bonds. The molecule has 23 heavy (non-hydrogen) atoms. The van der Waals surface area contributed by atoms with Crippen LogP contribution in [0.5, 0.6) is 0 Å². The van der Waals surface area contributed by atoms with E-state index in [1.165, 1.54) is 18.9 Å². The zero-order valence-electron chi connectivity index (χ0n) is 12.3. The number of rotatable bonds is 4. The predicted octanol–water partition coefficient (Wildman–Crippen LogP) is 2.40. The minimum absolute atomic E-state index is 0.233. The largest absolute Gasteiger partial charge is 0.465 e. The van der Waals surface area contributed by atoms with Crippen molar-refractivity contribution in [3.63, 3.8) is 0 Å². The van der Waals surface area contributed by atoms with Crippen LogP contribution in [0.2, 0.25) is 0 Å². The lowest BCUT2D eigenvalue weighted by atomic mass is 10.1. The highest BCUT2D eigenvalue weighted by Gasteiger charge is 2.10. The first kappa shape index (κ1) is 15.2. The van der Waals surface area contributed by atoms with Crippen LogP contribution in [0.25, 0.3) is 10.9 Å². The number of hydrogen-bond acceptors (Lipinski definition) is 6. The van der Waals surface area contributed by atoms with Crippen LogP contribution in [0.3, 0.4) is 0 Å². The number of benzene rings is 1. The van der Waals surface area contributed by atoms with Gasteiger partial charge >= 0.3 is 5.97 Å². The van der Waals surface area contributed by atoms with Crippen molar-refractivity contribution in [2.24, 2.45) is 0 Å². The third-order valence-electron chi connectivity index (χ3n) is 3.17. The lowest BCUT2D eigenvalue weighted by molar-refractivity contribution is 0.0601. The molecule has 7 heteroatoms. The normalized spacial score (nSPS) is 10.7. The molecule has 0 aliphatic rings. The third kappa shape index (κ3) is 3.40. The lowest BCUT2D eigenvalue weighted by Crippen LogP contribution is -2.12. The highest BCUT2D eigenvalue weighted by Crippen LogP contribution is 2.19. The number of nitrogens with one attached hydrogen (secondary N) is 1. The van der Waals surface area contributed by atoms with Crippen LogP contribution in [-0.4, -0.2) is 28.0 Å². The SMILES string of the molecule is COC(=O)c1ccc2c(=O)[nH]c(CSc3ccccn3)nc2c1. The van der Waals surface area contributed by atoms with Gasteiger partial charge in [0, 0.05) is 6.20 Å². The average Bonchev–Trinajstić information content (AvgIpc) is 2.59. The van der Waals surface area contributed by atoms with Crippen molar-refractivity contribution in [1.82, 2.24) is 15.0 Å². The average molecular weight is 327 g/mol. The van der Waals surface area contributed by atoms with Gasteiger partial charge in [0.05, 0.1) is 34.4 Å². The lowest BCUT2D eigenvalue weighted by Gasteiger charge is -2.04. The molecule has 0 saturated carbocycles. The maximum Gasteiger partial charge on any atom is 0.337 e. The summed E-state index contributed by atoms with van der Waals surface area (Å²) in [5, 5.41) is 1.28. The molecular formula is C16H13N3O3S. The van der Waals surface area contributed by atoms with Crippen LogP contribution in [0.4, 0.5) is 0 Å². The highest BCUT2D eigenvalue weighted by atomic mass is 32.2. The van der Waals surface area contributed by atoms with E-state index in [-0.39, 0.29) is 5.56 Å². The Morgan fingerprint density at radius 3 is 2.91 bits per heavy atom. The van der Waals surface area contributed by atoms with E-state index < -0.39 is 5.97 Å². The first-order chi connectivity index (χ1) is 11.2. The molecule has 6 nitrogen and oxygen atoms in total. The summed E-state index contributed by atoms with van der Waals surface area (Å²) in [5.41, 5.74) is 0.595. The van der Waals surface area contributed by atoms with Crippen LogP contribution in [0.15, 0.2) is 52.4 Å². The third-order valence-corrected chi connectivity index (χ3v) is 4.13. The van der Waals surface area contributed by atoms with Crippen LogP contribution < -0.4 is 5.56 Å². The number of fused-ring (bicyclic) bond motifs is 1. The Labute approximate surface area is 135 Å². The van der Waals surface area contributed by atoms with E-state index in [0.29, 0.717) is 28.0 Å². The second-order valence-corrected chi connectivity index (χ2v) is 5.69. The predicted molar refractivity (Wildman–Crippen MR) is 87.5 cm³/mol. The number of hydrogen-bond donors (Lipinski definition) is 1. The molecule has 0 bridgehead atoms. The molecule has 0 atom stereocenters. The van der Waals surface area contributed by atoms with E-state index in [9.17, 15) is 9.59 Å². The molecule has 116 valence electrons. The Balaban J connectivity index is 1.92. The number of esters is 1. The van der Waals surface area contributed by atoms with Crippen molar-refractivity contribution >= 4 is 28.6 Å². The molecule has 1 N–H and O–H groups in total. The van der Waals surface area contributed by atoms with Gasteiger partial charge in [0.25, 0.3) is 5.56 Å². The second-order valence-electron chi connectivity index (χ2n) is 4.69. The van der Waals surface area contributed by atoms with Gasteiger partial charge in [0.2, 0.25) is 0 Å². The number of H-pyrrole nitrogens is 1. The van der Waals surface area contributed by atoms with Gasteiger partial charge in [-0.1, -0.05) is 17.8 Å². The van der Waals surface area contributed by atoms with Gasteiger partial charge in [-0.3, -0.25) is 4.79 Å². The van der Waals surface area contributed by atoms with Crippen LogP contribution in [0, 0.1) is 0 Å². The Hall–Kier alpha value is -2.67. The molecule has 0 radical (unpaired) electrons. The topological polar surface area (TPSA) is 84.9 Å². The minimum Gasteiger partial charge on any atom is -0.465 e. The quantitative estimate of drug-likeness (QED) is 0.585. The van der Waals surface area contributed by atoms with Gasteiger partial charge in [0.15, 0.2) is 0 Å². The van der Waals surface area contributed by atoms with Crippen LogP contribution in [0.1, 0.15) is 16.2 Å². The van der Waals surface area contributed by atoms with Gasteiger partial charge < -0.3 is 9.72 Å². The molecule has 2 aromatic heterocycles. The van der Waals surface area contributed by atoms with E-state index in [1.807, 2.05) is 18.2 Å². The Bertz CT molecular complexity index is 909. The molecule has 0 saturated heterocycles. The van der Waals surface area contributed by atoms with E-state index >= 15 is 0 Å². The first-order valence-corrected chi connectivity index (χ1v) is 7.81. The monoisotopic (exact) mass is 327 g/mol. The molecule has 3 rings (SSSR count). The summed E-state index contributed by atoms with van der Waals surface area (Å²) in [7, 11) is 1.31. The molecule has 0 spiro atoms. The van der Waals surface area contributed by atoms with E-state index in [4.69, 9.17) is 0 Å². The van der Waals surface area contributed by atoms with Crippen molar-refractivity contribution in [2.75, 3.05) is 7.11 Å². The smallest absolute Gasteiger partial charge is 0.337 e. The molecule has 1 aromatic carbocycles. The number of aromatic amines is 1.